The third kappa shape index (κ3) is 5.26. The number of hydrogen-bond acceptors (Lipinski definition) is 2. The van der Waals surface area contributed by atoms with Crippen molar-refractivity contribution >= 4 is 23.2 Å². The van der Waals surface area contributed by atoms with Crippen molar-refractivity contribution in [3.63, 3.8) is 0 Å². The second-order valence-electron chi connectivity index (χ2n) is 4.13. The molecule has 0 fully saturated rings. The number of aliphatic hydroxyl groups is 1. The Hall–Kier alpha value is -0.280. The Labute approximate surface area is 113 Å². The molecule has 0 heterocycles. The normalized spacial score (nSPS) is 12.7. The summed E-state index contributed by atoms with van der Waals surface area (Å²) in [4.78, 5) is 0. The van der Waals surface area contributed by atoms with E-state index >= 15 is 0 Å². The van der Waals surface area contributed by atoms with Gasteiger partial charge in [-0.25, -0.2) is 0 Å². The van der Waals surface area contributed by atoms with Crippen LogP contribution in [-0.4, -0.2) is 18.3 Å². The molecule has 1 aromatic carbocycles. The minimum absolute atomic E-state index is 0.217. The lowest BCUT2D eigenvalue weighted by Gasteiger charge is -2.15. The molecule has 0 spiro atoms. The Morgan fingerprint density at radius 2 is 2.00 bits per heavy atom. The molecule has 17 heavy (non-hydrogen) atoms. The average Bonchev–Trinajstić information content (AvgIpc) is 2.28. The van der Waals surface area contributed by atoms with Crippen LogP contribution in [0.4, 0.5) is 0 Å². The van der Waals surface area contributed by atoms with E-state index in [2.05, 4.69) is 12.2 Å². The highest BCUT2D eigenvalue weighted by atomic mass is 35.5. The fourth-order valence-electron chi connectivity index (χ4n) is 1.69. The first-order chi connectivity index (χ1) is 8.15. The van der Waals surface area contributed by atoms with Gasteiger partial charge in [-0.3, -0.25) is 0 Å². The molecule has 0 aromatic heterocycles. The van der Waals surface area contributed by atoms with E-state index < -0.39 is 0 Å². The molecule has 0 aliphatic carbocycles. The van der Waals surface area contributed by atoms with Gasteiger partial charge in [0.2, 0.25) is 0 Å². The molecule has 1 aromatic rings. The molecule has 0 saturated heterocycles. The van der Waals surface area contributed by atoms with Crippen molar-refractivity contribution in [1.29, 1.82) is 0 Å². The summed E-state index contributed by atoms with van der Waals surface area (Å²) < 4.78 is 0. The minimum Gasteiger partial charge on any atom is -0.396 e. The molecule has 0 amide bonds. The van der Waals surface area contributed by atoms with Crippen LogP contribution in [0.15, 0.2) is 18.2 Å². The minimum atomic E-state index is 0.217. The smallest absolute Gasteiger partial charge is 0.0468 e. The largest absolute Gasteiger partial charge is 0.396 e. The number of nitrogens with one attached hydrogen (secondary N) is 1. The maximum atomic E-state index is 8.66. The molecule has 2 nitrogen and oxygen atoms in total. The molecule has 4 heteroatoms. The topological polar surface area (TPSA) is 32.3 Å². The first kappa shape index (κ1) is 14.8. The van der Waals surface area contributed by atoms with Crippen LogP contribution in [0.25, 0.3) is 0 Å². The van der Waals surface area contributed by atoms with Gasteiger partial charge in [0.05, 0.1) is 0 Å². The third-order valence-corrected chi connectivity index (χ3v) is 3.28. The van der Waals surface area contributed by atoms with E-state index in [1.54, 1.807) is 6.07 Å². The summed E-state index contributed by atoms with van der Waals surface area (Å²) in [6.45, 7) is 3.29. The van der Waals surface area contributed by atoms with Crippen molar-refractivity contribution in [2.75, 3.05) is 13.2 Å². The predicted molar refractivity (Wildman–Crippen MR) is 73.8 cm³/mol. The summed E-state index contributed by atoms with van der Waals surface area (Å²) >= 11 is 12.0. The SMILES string of the molecule is CC(NCCCCCO)c1ccc(Cl)cc1Cl. The molecule has 0 aliphatic heterocycles. The molecule has 1 unspecified atom stereocenters. The second-order valence-corrected chi connectivity index (χ2v) is 4.97. The van der Waals surface area contributed by atoms with Crippen molar-refractivity contribution in [3.8, 4) is 0 Å². The first-order valence-corrected chi connectivity index (χ1v) is 6.70. The summed E-state index contributed by atoms with van der Waals surface area (Å²) in [5.74, 6) is 0. The fourth-order valence-corrected chi connectivity index (χ4v) is 2.27. The first-order valence-electron chi connectivity index (χ1n) is 5.94. The standard InChI is InChI=1S/C13H19Cl2NO/c1-10(16-7-3-2-4-8-17)12-6-5-11(14)9-13(12)15/h5-6,9-10,16-17H,2-4,7-8H2,1H3. The molecule has 0 bridgehead atoms. The van der Waals surface area contributed by atoms with E-state index in [1.807, 2.05) is 12.1 Å². The van der Waals surface area contributed by atoms with Crippen LogP contribution in [0.5, 0.6) is 0 Å². The monoisotopic (exact) mass is 275 g/mol. The van der Waals surface area contributed by atoms with Crippen LogP contribution >= 0.6 is 23.2 Å². The fraction of sp³-hybridized carbons (Fsp3) is 0.538. The molecular formula is C13H19Cl2NO. The van der Waals surface area contributed by atoms with Gasteiger partial charge in [-0.2, -0.15) is 0 Å². The maximum absolute atomic E-state index is 8.66. The van der Waals surface area contributed by atoms with Crippen LogP contribution in [0.2, 0.25) is 10.0 Å². The molecule has 0 saturated carbocycles. The van der Waals surface area contributed by atoms with Crippen molar-refractivity contribution in [2.24, 2.45) is 0 Å². The third-order valence-electron chi connectivity index (χ3n) is 2.71. The van der Waals surface area contributed by atoms with Gasteiger partial charge < -0.3 is 10.4 Å². The van der Waals surface area contributed by atoms with E-state index in [0.29, 0.717) is 10.0 Å². The van der Waals surface area contributed by atoms with Crippen LogP contribution in [-0.2, 0) is 0 Å². The van der Waals surface area contributed by atoms with Crippen molar-refractivity contribution < 1.29 is 5.11 Å². The van der Waals surface area contributed by atoms with Crippen LogP contribution in [0.1, 0.15) is 37.8 Å². The van der Waals surface area contributed by atoms with Crippen LogP contribution < -0.4 is 5.32 Å². The van der Waals surface area contributed by atoms with E-state index in [9.17, 15) is 0 Å². The van der Waals surface area contributed by atoms with Gasteiger partial charge in [-0.15, -0.1) is 0 Å². The van der Waals surface area contributed by atoms with Gasteiger partial charge in [-0.05, 0) is 50.4 Å². The lowest BCUT2D eigenvalue weighted by Crippen LogP contribution is -2.20. The average molecular weight is 276 g/mol. The van der Waals surface area contributed by atoms with Crippen molar-refractivity contribution in [2.45, 2.75) is 32.2 Å². The summed E-state index contributed by atoms with van der Waals surface area (Å²) in [6.07, 6.45) is 2.98. The zero-order valence-corrected chi connectivity index (χ0v) is 11.6. The molecule has 2 N–H and O–H groups in total. The Balaban J connectivity index is 2.38. The highest BCUT2D eigenvalue weighted by Gasteiger charge is 2.08. The number of benzene rings is 1. The maximum Gasteiger partial charge on any atom is 0.0468 e. The van der Waals surface area contributed by atoms with Gasteiger partial charge in [0.25, 0.3) is 0 Å². The quantitative estimate of drug-likeness (QED) is 0.742. The number of unbranched alkanes of at least 4 members (excludes halogenated alkanes) is 2. The molecular weight excluding hydrogens is 257 g/mol. The summed E-state index contributed by atoms with van der Waals surface area (Å²) in [6, 6.07) is 5.79. The van der Waals surface area contributed by atoms with Crippen molar-refractivity contribution in [1.82, 2.24) is 5.32 Å². The molecule has 1 atom stereocenters. The summed E-state index contributed by atoms with van der Waals surface area (Å²) in [7, 11) is 0. The van der Waals surface area contributed by atoms with Crippen molar-refractivity contribution in [3.05, 3.63) is 33.8 Å². The zero-order chi connectivity index (χ0) is 12.7. The highest BCUT2D eigenvalue weighted by Crippen LogP contribution is 2.25. The van der Waals surface area contributed by atoms with E-state index in [4.69, 9.17) is 28.3 Å². The predicted octanol–water partition coefficient (Wildman–Crippen LogP) is 3.81. The Bertz CT molecular complexity index is 344. The van der Waals surface area contributed by atoms with Crippen LogP contribution in [0, 0.1) is 0 Å². The molecule has 1 rings (SSSR count). The lowest BCUT2D eigenvalue weighted by atomic mass is 10.1. The number of halogens is 2. The number of aliphatic hydroxyl groups excluding tert-OH is 1. The van der Waals surface area contributed by atoms with Crippen LogP contribution in [0.3, 0.4) is 0 Å². The summed E-state index contributed by atoms with van der Waals surface area (Å²) in [5, 5.41) is 13.4. The number of rotatable bonds is 7. The molecule has 96 valence electrons. The summed E-state index contributed by atoms with van der Waals surface area (Å²) in [5.41, 5.74) is 1.07. The van der Waals surface area contributed by atoms with Gasteiger partial charge in [0.1, 0.15) is 0 Å². The highest BCUT2D eigenvalue weighted by molar-refractivity contribution is 6.35. The zero-order valence-electron chi connectivity index (χ0n) is 10.0. The second kappa shape index (κ2) is 7.93. The van der Waals surface area contributed by atoms with E-state index in [0.717, 1.165) is 31.4 Å². The van der Waals surface area contributed by atoms with E-state index in [-0.39, 0.29) is 12.6 Å². The van der Waals surface area contributed by atoms with Gasteiger partial charge >= 0.3 is 0 Å². The van der Waals surface area contributed by atoms with Gasteiger partial charge in [-0.1, -0.05) is 29.3 Å². The number of hydrogen-bond donors (Lipinski definition) is 2. The Morgan fingerprint density at radius 1 is 1.24 bits per heavy atom. The molecule has 0 radical (unpaired) electrons. The Kier molecular flexibility index (Phi) is 6.90. The van der Waals surface area contributed by atoms with Gasteiger partial charge in [0, 0.05) is 22.7 Å². The molecule has 0 aliphatic rings. The van der Waals surface area contributed by atoms with E-state index in [1.165, 1.54) is 0 Å². The Morgan fingerprint density at radius 3 is 2.65 bits per heavy atom. The lowest BCUT2D eigenvalue weighted by molar-refractivity contribution is 0.282. The van der Waals surface area contributed by atoms with Gasteiger partial charge in [0.15, 0.2) is 0 Å².